The molecule has 0 bridgehead atoms. The molecule has 0 radical (unpaired) electrons. The maximum absolute atomic E-state index is 11.8. The van der Waals surface area contributed by atoms with E-state index in [1.165, 1.54) is 19.3 Å². The second kappa shape index (κ2) is 12.1. The van der Waals surface area contributed by atoms with Crippen LogP contribution in [0.15, 0.2) is 52.1 Å². The highest BCUT2D eigenvalue weighted by atomic mass is 16.3. The number of piperidine rings is 1. The van der Waals surface area contributed by atoms with E-state index in [1.807, 2.05) is 50.2 Å². The van der Waals surface area contributed by atoms with Crippen LogP contribution in [0.3, 0.4) is 0 Å². The van der Waals surface area contributed by atoms with Crippen molar-refractivity contribution in [1.82, 2.24) is 20.9 Å². The highest BCUT2D eigenvalue weighted by Gasteiger charge is 2.24. The van der Waals surface area contributed by atoms with Crippen LogP contribution >= 0.6 is 0 Å². The van der Waals surface area contributed by atoms with Gasteiger partial charge in [0.15, 0.2) is 5.96 Å². The second-order valence-electron chi connectivity index (χ2n) is 8.38. The van der Waals surface area contributed by atoms with Gasteiger partial charge in [-0.15, -0.1) is 0 Å². The van der Waals surface area contributed by atoms with Crippen molar-refractivity contribution in [3.63, 3.8) is 0 Å². The van der Waals surface area contributed by atoms with Crippen LogP contribution in [0, 0.1) is 0 Å². The van der Waals surface area contributed by atoms with E-state index in [0.717, 1.165) is 42.6 Å². The van der Waals surface area contributed by atoms with Crippen LogP contribution in [0.1, 0.15) is 50.5 Å². The molecule has 1 atom stereocenters. The van der Waals surface area contributed by atoms with Gasteiger partial charge < -0.3 is 25.7 Å². The number of nitrogens with zero attached hydrogens (tertiary/aromatic N) is 2. The van der Waals surface area contributed by atoms with Crippen molar-refractivity contribution in [3.8, 4) is 0 Å². The summed E-state index contributed by atoms with van der Waals surface area (Å²) in [6.45, 7) is 7.40. The van der Waals surface area contributed by atoms with Crippen LogP contribution < -0.4 is 21.3 Å². The molecule has 2 aromatic rings. The first kappa shape index (κ1) is 23.7. The van der Waals surface area contributed by atoms with Crippen molar-refractivity contribution in [2.24, 2.45) is 4.99 Å². The number of anilines is 1. The van der Waals surface area contributed by atoms with Gasteiger partial charge in [-0.1, -0.05) is 18.6 Å². The number of carbonyl (C=O) groups is 1. The number of rotatable bonds is 8. The van der Waals surface area contributed by atoms with Gasteiger partial charge in [0.2, 0.25) is 0 Å². The van der Waals surface area contributed by atoms with Crippen molar-refractivity contribution in [2.45, 2.75) is 51.7 Å². The van der Waals surface area contributed by atoms with E-state index in [4.69, 9.17) is 4.42 Å². The van der Waals surface area contributed by atoms with E-state index in [2.05, 4.69) is 31.2 Å². The van der Waals surface area contributed by atoms with Gasteiger partial charge in [-0.05, 0) is 69.6 Å². The molecule has 4 N–H and O–H groups in total. The quantitative estimate of drug-likeness (QED) is 0.371. The number of carbonyl (C=O) groups excluding carboxylic acids is 1. The average Bonchev–Trinajstić information content (AvgIpc) is 3.32. The molecule has 32 heavy (non-hydrogen) atoms. The van der Waals surface area contributed by atoms with Crippen molar-refractivity contribution in [1.29, 1.82) is 0 Å². The molecule has 2 heterocycles. The molecule has 0 spiro atoms. The number of hydrogen-bond donors (Lipinski definition) is 4. The van der Waals surface area contributed by atoms with Crippen molar-refractivity contribution < 1.29 is 9.21 Å². The molecule has 3 rings (SSSR count). The molecule has 0 saturated carbocycles. The number of benzene rings is 1. The Balaban J connectivity index is 1.50. The average molecular weight is 441 g/mol. The van der Waals surface area contributed by atoms with Crippen LogP contribution in [0.25, 0.3) is 0 Å². The van der Waals surface area contributed by atoms with E-state index in [-0.39, 0.29) is 18.1 Å². The van der Waals surface area contributed by atoms with E-state index in [9.17, 15) is 4.79 Å². The Kier molecular flexibility index (Phi) is 8.98. The highest BCUT2D eigenvalue weighted by Crippen LogP contribution is 2.24. The summed E-state index contributed by atoms with van der Waals surface area (Å²) in [5.41, 5.74) is 1.86. The smallest absolute Gasteiger partial charge is 0.319 e. The Morgan fingerprint density at radius 3 is 2.47 bits per heavy atom. The number of hydrogen-bond acceptors (Lipinski definition) is 4. The number of likely N-dealkylation sites (tertiary alicyclic amines) is 1. The van der Waals surface area contributed by atoms with Crippen molar-refractivity contribution in [2.75, 3.05) is 32.0 Å². The van der Waals surface area contributed by atoms with Crippen LogP contribution in [0.4, 0.5) is 10.5 Å². The zero-order chi connectivity index (χ0) is 22.8. The molecule has 1 unspecified atom stereocenters. The predicted octanol–water partition coefficient (Wildman–Crippen LogP) is 3.70. The lowest BCUT2D eigenvalue weighted by atomic mass is 10.1. The summed E-state index contributed by atoms with van der Waals surface area (Å²) < 4.78 is 5.73. The number of nitrogens with one attached hydrogen (secondary N) is 4. The lowest BCUT2D eigenvalue weighted by molar-refractivity contribution is 0.146. The minimum absolute atomic E-state index is 0.0972. The van der Waals surface area contributed by atoms with E-state index < -0.39 is 0 Å². The second-order valence-corrected chi connectivity index (χ2v) is 8.38. The van der Waals surface area contributed by atoms with Gasteiger partial charge in [0, 0.05) is 31.9 Å². The maximum Gasteiger partial charge on any atom is 0.319 e. The molecule has 1 aliphatic heterocycles. The minimum Gasteiger partial charge on any atom is -0.468 e. The molecular formula is C24H36N6O2. The third-order valence-electron chi connectivity index (χ3n) is 5.48. The standard InChI is InChI=1S/C24H36N6O2/c1-18(2)28-24(31)29-20-11-9-19(10-12-20)16-26-23(25-3)27-17-21(22-8-7-15-32-22)30-13-5-4-6-14-30/h7-12,15,18,21H,4-6,13-14,16-17H2,1-3H3,(H2,25,26,27)(H2,28,29,31). The molecular weight excluding hydrogens is 404 g/mol. The fourth-order valence-corrected chi connectivity index (χ4v) is 3.86. The molecule has 174 valence electrons. The van der Waals surface area contributed by atoms with Crippen LogP contribution in [0.5, 0.6) is 0 Å². The Hall–Kier alpha value is -3.00. The number of guanidine groups is 1. The van der Waals surface area contributed by atoms with E-state index in [0.29, 0.717) is 6.54 Å². The molecule has 0 aliphatic carbocycles. The summed E-state index contributed by atoms with van der Waals surface area (Å²) in [5, 5.41) is 12.5. The van der Waals surface area contributed by atoms with E-state index >= 15 is 0 Å². The van der Waals surface area contributed by atoms with Crippen LogP contribution in [0.2, 0.25) is 0 Å². The Labute approximate surface area is 190 Å². The lowest BCUT2D eigenvalue weighted by Gasteiger charge is -2.33. The van der Waals surface area contributed by atoms with Crippen LogP contribution in [-0.2, 0) is 6.54 Å². The normalized spacial score (nSPS) is 15.9. The predicted molar refractivity (Wildman–Crippen MR) is 129 cm³/mol. The summed E-state index contributed by atoms with van der Waals surface area (Å²) in [7, 11) is 1.78. The molecule has 1 aromatic heterocycles. The van der Waals surface area contributed by atoms with Gasteiger partial charge in [0.25, 0.3) is 0 Å². The Bertz CT molecular complexity index is 842. The largest absolute Gasteiger partial charge is 0.468 e. The SMILES string of the molecule is CN=C(NCc1ccc(NC(=O)NC(C)C)cc1)NCC(c1ccco1)N1CCCCC1. The van der Waals surface area contributed by atoms with Gasteiger partial charge >= 0.3 is 6.03 Å². The molecule has 1 saturated heterocycles. The van der Waals surface area contributed by atoms with Gasteiger partial charge in [0.1, 0.15) is 5.76 Å². The zero-order valence-corrected chi connectivity index (χ0v) is 19.4. The molecule has 2 amide bonds. The number of furan rings is 1. The van der Waals surface area contributed by atoms with Crippen LogP contribution in [-0.4, -0.2) is 49.6 Å². The topological polar surface area (TPSA) is 93.9 Å². The first-order valence-electron chi connectivity index (χ1n) is 11.4. The lowest BCUT2D eigenvalue weighted by Crippen LogP contribution is -2.44. The minimum atomic E-state index is -0.199. The van der Waals surface area contributed by atoms with Gasteiger partial charge in [-0.3, -0.25) is 9.89 Å². The summed E-state index contributed by atoms with van der Waals surface area (Å²) in [4.78, 5) is 18.7. The summed E-state index contributed by atoms with van der Waals surface area (Å²) in [6.07, 6.45) is 5.50. The Morgan fingerprint density at radius 1 is 1.09 bits per heavy atom. The van der Waals surface area contributed by atoms with Gasteiger partial charge in [0.05, 0.1) is 12.3 Å². The number of aliphatic imine (C=N–C) groups is 1. The monoisotopic (exact) mass is 440 g/mol. The number of amides is 2. The highest BCUT2D eigenvalue weighted by molar-refractivity contribution is 5.89. The maximum atomic E-state index is 11.8. The van der Waals surface area contributed by atoms with Gasteiger partial charge in [-0.25, -0.2) is 4.79 Å². The Morgan fingerprint density at radius 2 is 1.84 bits per heavy atom. The number of urea groups is 1. The first-order valence-corrected chi connectivity index (χ1v) is 11.4. The summed E-state index contributed by atoms with van der Waals surface area (Å²) >= 11 is 0. The van der Waals surface area contributed by atoms with E-state index in [1.54, 1.807) is 13.3 Å². The molecule has 8 heteroatoms. The third kappa shape index (κ3) is 7.30. The summed E-state index contributed by atoms with van der Waals surface area (Å²) in [6, 6.07) is 11.9. The first-order chi connectivity index (χ1) is 15.5. The zero-order valence-electron chi connectivity index (χ0n) is 19.4. The third-order valence-corrected chi connectivity index (χ3v) is 5.48. The molecule has 1 aromatic carbocycles. The van der Waals surface area contributed by atoms with Crippen molar-refractivity contribution in [3.05, 3.63) is 54.0 Å². The molecule has 8 nitrogen and oxygen atoms in total. The summed E-state index contributed by atoms with van der Waals surface area (Å²) in [5.74, 6) is 1.73. The fraction of sp³-hybridized carbons (Fsp3) is 0.500. The van der Waals surface area contributed by atoms with Gasteiger partial charge in [-0.2, -0.15) is 0 Å². The molecule has 1 fully saturated rings. The fourth-order valence-electron chi connectivity index (χ4n) is 3.86. The van der Waals surface area contributed by atoms with Crippen molar-refractivity contribution >= 4 is 17.7 Å². The molecule has 1 aliphatic rings.